The molecule has 0 aromatic heterocycles. The highest BCUT2D eigenvalue weighted by atomic mass is 35.5. The number of carbonyl (C=O) groups is 1. The second-order valence-corrected chi connectivity index (χ2v) is 5.37. The molecule has 0 aliphatic rings. The average Bonchev–Trinajstić information content (AvgIpc) is 2.58. The number of hydrogen-bond acceptors (Lipinski definition) is 4. The number of hydrogen-bond donors (Lipinski definition) is 0. The Hall–Kier alpha value is -2.77. The fourth-order valence-corrected chi connectivity index (χ4v) is 2.06. The molecule has 2 rings (SSSR count). The number of carbonyl (C=O) groups excluding carboxylic acids is 1. The predicted molar refractivity (Wildman–Crippen MR) is 92.9 cm³/mol. The molecule has 0 saturated carbocycles. The number of rotatable bonds is 6. The maximum Gasteiger partial charge on any atom is 0.354 e. The van der Waals surface area contributed by atoms with Crippen LogP contribution in [-0.4, -0.2) is 12.6 Å². The zero-order valence-electron chi connectivity index (χ0n) is 13.2. The quantitative estimate of drug-likeness (QED) is 0.332. The summed E-state index contributed by atoms with van der Waals surface area (Å²) >= 11 is 5.84. The highest BCUT2D eigenvalue weighted by molar-refractivity contribution is 6.30. The van der Waals surface area contributed by atoms with Crippen molar-refractivity contribution in [1.82, 2.24) is 0 Å². The summed E-state index contributed by atoms with van der Waals surface area (Å²) in [7, 11) is 0. The van der Waals surface area contributed by atoms with E-state index in [2.05, 4.69) is 0 Å². The minimum absolute atomic E-state index is 0.0998. The van der Waals surface area contributed by atoms with Crippen molar-refractivity contribution in [3.05, 3.63) is 64.7 Å². The largest absolute Gasteiger partial charge is 0.494 e. The first-order chi connectivity index (χ1) is 11.6. The fraction of sp³-hybridized carbons (Fsp3) is 0.158. The lowest BCUT2D eigenvalue weighted by molar-refractivity contribution is -0.129. The number of esters is 1. The van der Waals surface area contributed by atoms with Crippen LogP contribution in [0.4, 0.5) is 0 Å². The van der Waals surface area contributed by atoms with Gasteiger partial charge in [0, 0.05) is 5.02 Å². The van der Waals surface area contributed by atoms with Crippen LogP contribution in [0.5, 0.6) is 11.5 Å². The van der Waals surface area contributed by atoms with Gasteiger partial charge in [0.2, 0.25) is 0 Å². The van der Waals surface area contributed by atoms with Crippen LogP contribution in [0.1, 0.15) is 18.9 Å². The van der Waals surface area contributed by atoms with Gasteiger partial charge in [0.15, 0.2) is 0 Å². The molecule has 122 valence electrons. The van der Waals surface area contributed by atoms with Crippen molar-refractivity contribution in [3.8, 4) is 17.6 Å². The van der Waals surface area contributed by atoms with Gasteiger partial charge in [-0.1, -0.05) is 36.7 Å². The molecule has 0 amide bonds. The summed E-state index contributed by atoms with van der Waals surface area (Å²) < 4.78 is 10.6. The maximum atomic E-state index is 12.1. The predicted octanol–water partition coefficient (Wildman–Crippen LogP) is 4.64. The smallest absolute Gasteiger partial charge is 0.354 e. The lowest BCUT2D eigenvalue weighted by Gasteiger charge is -2.05. The number of nitriles is 1. The maximum absolute atomic E-state index is 12.1. The van der Waals surface area contributed by atoms with E-state index in [0.717, 1.165) is 12.2 Å². The number of nitrogens with zero attached hydrogens (tertiary/aromatic N) is 1. The minimum Gasteiger partial charge on any atom is -0.494 e. The van der Waals surface area contributed by atoms with E-state index in [0.29, 0.717) is 17.2 Å². The Kier molecular flexibility index (Phi) is 6.41. The highest BCUT2D eigenvalue weighted by Crippen LogP contribution is 2.19. The van der Waals surface area contributed by atoms with E-state index >= 15 is 0 Å². The third-order valence-corrected chi connectivity index (χ3v) is 3.25. The van der Waals surface area contributed by atoms with Crippen molar-refractivity contribution < 1.29 is 14.3 Å². The van der Waals surface area contributed by atoms with Crippen molar-refractivity contribution >= 4 is 23.6 Å². The van der Waals surface area contributed by atoms with Crippen molar-refractivity contribution in [2.24, 2.45) is 0 Å². The normalized spacial score (nSPS) is 10.8. The summed E-state index contributed by atoms with van der Waals surface area (Å²) in [6.45, 7) is 2.67. The Labute approximate surface area is 145 Å². The third-order valence-electron chi connectivity index (χ3n) is 3.01. The van der Waals surface area contributed by atoms with Crippen molar-refractivity contribution in [3.63, 3.8) is 0 Å². The summed E-state index contributed by atoms with van der Waals surface area (Å²) in [6, 6.07) is 15.4. The molecule has 0 bridgehead atoms. The van der Waals surface area contributed by atoms with Gasteiger partial charge < -0.3 is 9.47 Å². The van der Waals surface area contributed by atoms with Gasteiger partial charge in [-0.25, -0.2) is 4.79 Å². The van der Waals surface area contributed by atoms with Crippen molar-refractivity contribution in [2.75, 3.05) is 6.61 Å². The number of halogens is 1. The van der Waals surface area contributed by atoms with E-state index in [9.17, 15) is 10.1 Å². The van der Waals surface area contributed by atoms with Gasteiger partial charge in [0.1, 0.15) is 23.1 Å². The second-order valence-electron chi connectivity index (χ2n) is 4.93. The van der Waals surface area contributed by atoms with Crippen LogP contribution in [0.2, 0.25) is 5.02 Å². The zero-order valence-corrected chi connectivity index (χ0v) is 13.9. The van der Waals surface area contributed by atoms with E-state index in [1.807, 2.05) is 13.0 Å². The van der Waals surface area contributed by atoms with Gasteiger partial charge in [0.05, 0.1) is 6.61 Å². The molecular formula is C19H16ClNO3. The Morgan fingerprint density at radius 1 is 1.21 bits per heavy atom. The molecule has 0 saturated heterocycles. The summed E-state index contributed by atoms with van der Waals surface area (Å²) in [5.41, 5.74) is 0.607. The SMILES string of the molecule is CCCOc1ccc(/C=C(\C#N)C(=O)Oc2cccc(Cl)c2)cc1. The van der Waals surface area contributed by atoms with Crippen LogP contribution in [0.3, 0.4) is 0 Å². The number of ether oxygens (including phenoxy) is 2. The van der Waals surface area contributed by atoms with Gasteiger partial charge in [0.25, 0.3) is 0 Å². The van der Waals surface area contributed by atoms with Crippen LogP contribution in [0.25, 0.3) is 6.08 Å². The van der Waals surface area contributed by atoms with Crippen LogP contribution in [-0.2, 0) is 4.79 Å². The number of benzene rings is 2. The molecule has 0 radical (unpaired) electrons. The molecular weight excluding hydrogens is 326 g/mol. The van der Waals surface area contributed by atoms with E-state index in [1.165, 1.54) is 12.1 Å². The van der Waals surface area contributed by atoms with Gasteiger partial charge >= 0.3 is 5.97 Å². The summed E-state index contributed by atoms with van der Waals surface area (Å²) in [6.07, 6.45) is 2.39. The topological polar surface area (TPSA) is 59.3 Å². The third kappa shape index (κ3) is 5.15. The van der Waals surface area contributed by atoms with Crippen LogP contribution in [0.15, 0.2) is 54.1 Å². The Bertz CT molecular complexity index is 776. The summed E-state index contributed by atoms with van der Waals surface area (Å²) in [5.74, 6) is 0.303. The first-order valence-electron chi connectivity index (χ1n) is 7.44. The van der Waals surface area contributed by atoms with Crippen LogP contribution in [0, 0.1) is 11.3 Å². The van der Waals surface area contributed by atoms with Crippen LogP contribution >= 0.6 is 11.6 Å². The Morgan fingerprint density at radius 2 is 1.96 bits per heavy atom. The van der Waals surface area contributed by atoms with Gasteiger partial charge in [-0.05, 0) is 48.4 Å². The van der Waals surface area contributed by atoms with E-state index in [1.54, 1.807) is 42.5 Å². The molecule has 0 atom stereocenters. The minimum atomic E-state index is -0.730. The Morgan fingerprint density at radius 3 is 2.58 bits per heavy atom. The van der Waals surface area contributed by atoms with Gasteiger partial charge in [-0.3, -0.25) is 0 Å². The molecule has 5 heteroatoms. The molecule has 0 aliphatic heterocycles. The van der Waals surface area contributed by atoms with Gasteiger partial charge in [-0.2, -0.15) is 5.26 Å². The van der Waals surface area contributed by atoms with Crippen molar-refractivity contribution in [1.29, 1.82) is 5.26 Å². The van der Waals surface area contributed by atoms with Crippen LogP contribution < -0.4 is 9.47 Å². The van der Waals surface area contributed by atoms with E-state index in [4.69, 9.17) is 21.1 Å². The van der Waals surface area contributed by atoms with Gasteiger partial charge in [-0.15, -0.1) is 0 Å². The second kappa shape index (κ2) is 8.76. The molecule has 0 unspecified atom stereocenters. The Balaban J connectivity index is 2.10. The van der Waals surface area contributed by atoms with E-state index < -0.39 is 5.97 Å². The molecule has 2 aromatic carbocycles. The first-order valence-corrected chi connectivity index (χ1v) is 7.82. The average molecular weight is 342 g/mol. The van der Waals surface area contributed by atoms with E-state index in [-0.39, 0.29) is 11.3 Å². The molecule has 0 heterocycles. The molecule has 2 aromatic rings. The lowest BCUT2D eigenvalue weighted by atomic mass is 10.1. The molecule has 4 nitrogen and oxygen atoms in total. The van der Waals surface area contributed by atoms with Crippen molar-refractivity contribution in [2.45, 2.75) is 13.3 Å². The fourth-order valence-electron chi connectivity index (χ4n) is 1.88. The standard InChI is InChI=1S/C19H16ClNO3/c1-2-10-23-17-8-6-14(7-9-17)11-15(13-21)19(22)24-18-5-3-4-16(20)12-18/h3-9,11-12H,2,10H2,1H3/b15-11+. The molecule has 0 fully saturated rings. The first kappa shape index (κ1) is 17.6. The highest BCUT2D eigenvalue weighted by Gasteiger charge is 2.12. The lowest BCUT2D eigenvalue weighted by Crippen LogP contribution is -2.10. The zero-order chi connectivity index (χ0) is 17.4. The molecule has 0 aliphatic carbocycles. The monoisotopic (exact) mass is 341 g/mol. The summed E-state index contributed by atoms with van der Waals surface area (Å²) in [4.78, 5) is 12.1. The summed E-state index contributed by atoms with van der Waals surface area (Å²) in [5, 5.41) is 9.64. The molecule has 0 N–H and O–H groups in total. The molecule has 0 spiro atoms. The molecule has 24 heavy (non-hydrogen) atoms.